The van der Waals surface area contributed by atoms with Crippen LogP contribution in [0.25, 0.3) is 16.3 Å². The van der Waals surface area contributed by atoms with Crippen LogP contribution < -0.4 is 14.2 Å². The van der Waals surface area contributed by atoms with Gasteiger partial charge in [-0.15, -0.1) is 0 Å². The van der Waals surface area contributed by atoms with Crippen molar-refractivity contribution in [3.05, 3.63) is 64.7 Å². The molecule has 1 aromatic heterocycles. The summed E-state index contributed by atoms with van der Waals surface area (Å²) in [6.07, 6.45) is 7.66. The van der Waals surface area contributed by atoms with Gasteiger partial charge < -0.3 is 9.64 Å². The number of aromatic nitrogens is 1. The SMILES string of the molecule is CCCOc1ccc2c(c1)N(CC)/C(=C/C=C/c1sc3ccccc3[n+]1CC)S2. The van der Waals surface area contributed by atoms with E-state index < -0.39 is 0 Å². The van der Waals surface area contributed by atoms with Gasteiger partial charge in [-0.25, -0.2) is 0 Å². The maximum absolute atomic E-state index is 5.83. The van der Waals surface area contributed by atoms with Crippen LogP contribution in [0, 0.1) is 0 Å². The van der Waals surface area contributed by atoms with Gasteiger partial charge in [0.1, 0.15) is 17.0 Å². The van der Waals surface area contributed by atoms with E-state index in [0.717, 1.165) is 31.9 Å². The van der Waals surface area contributed by atoms with Gasteiger partial charge in [-0.2, -0.15) is 4.57 Å². The lowest BCUT2D eigenvalue weighted by molar-refractivity contribution is -0.665. The molecule has 1 aliphatic heterocycles. The van der Waals surface area contributed by atoms with Gasteiger partial charge in [0, 0.05) is 29.6 Å². The molecule has 0 bridgehead atoms. The van der Waals surface area contributed by atoms with Crippen LogP contribution in [0.3, 0.4) is 0 Å². The zero-order valence-corrected chi connectivity index (χ0v) is 18.9. The van der Waals surface area contributed by atoms with E-state index in [-0.39, 0.29) is 0 Å². The highest BCUT2D eigenvalue weighted by Crippen LogP contribution is 2.47. The van der Waals surface area contributed by atoms with Gasteiger partial charge in [0.25, 0.3) is 5.01 Å². The Hall–Kier alpha value is -2.24. The molecule has 0 aliphatic carbocycles. The third-order valence-corrected chi connectivity index (χ3v) is 7.18. The number of benzene rings is 2. The van der Waals surface area contributed by atoms with Crippen molar-refractivity contribution in [1.29, 1.82) is 0 Å². The van der Waals surface area contributed by atoms with Gasteiger partial charge in [0.2, 0.25) is 5.52 Å². The number of para-hydroxylation sites is 1. The first-order chi connectivity index (χ1) is 14.2. The molecule has 2 heterocycles. The van der Waals surface area contributed by atoms with Crippen molar-refractivity contribution in [2.75, 3.05) is 18.1 Å². The van der Waals surface area contributed by atoms with Crippen molar-refractivity contribution in [3.8, 4) is 5.75 Å². The lowest BCUT2D eigenvalue weighted by Crippen LogP contribution is -2.33. The first kappa shape index (κ1) is 20.0. The van der Waals surface area contributed by atoms with Crippen LogP contribution in [-0.2, 0) is 6.54 Å². The highest BCUT2D eigenvalue weighted by Gasteiger charge is 2.24. The van der Waals surface area contributed by atoms with Crippen LogP contribution in [0.4, 0.5) is 5.69 Å². The molecule has 0 N–H and O–H groups in total. The lowest BCUT2D eigenvalue weighted by atomic mass is 10.2. The summed E-state index contributed by atoms with van der Waals surface area (Å²) in [5.41, 5.74) is 2.56. The Bertz CT molecular complexity index is 1070. The molecular weight excluding hydrogens is 396 g/mol. The molecule has 0 spiro atoms. The van der Waals surface area contributed by atoms with Crippen molar-refractivity contribution < 1.29 is 9.30 Å². The third-order valence-electron chi connectivity index (χ3n) is 4.92. The quantitative estimate of drug-likeness (QED) is 0.404. The van der Waals surface area contributed by atoms with Crippen LogP contribution in [0.15, 0.2) is 64.5 Å². The van der Waals surface area contributed by atoms with E-state index in [1.807, 2.05) is 23.1 Å². The van der Waals surface area contributed by atoms with Crippen molar-refractivity contribution in [2.24, 2.45) is 0 Å². The van der Waals surface area contributed by atoms with Crippen molar-refractivity contribution >= 4 is 45.1 Å². The Morgan fingerprint density at radius 3 is 2.76 bits per heavy atom. The van der Waals surface area contributed by atoms with E-state index in [0.29, 0.717) is 0 Å². The molecule has 0 fully saturated rings. The Morgan fingerprint density at radius 1 is 1.10 bits per heavy atom. The van der Waals surface area contributed by atoms with E-state index in [4.69, 9.17) is 4.74 Å². The predicted molar refractivity (Wildman–Crippen MR) is 126 cm³/mol. The molecule has 5 heteroatoms. The van der Waals surface area contributed by atoms with Gasteiger partial charge in [-0.05, 0) is 44.5 Å². The van der Waals surface area contributed by atoms with Gasteiger partial charge in [0.05, 0.1) is 17.3 Å². The molecule has 1 aliphatic rings. The van der Waals surface area contributed by atoms with E-state index in [1.165, 1.54) is 30.8 Å². The Balaban J connectivity index is 1.58. The molecular formula is C24H27N2OS2+. The molecule has 4 rings (SSSR count). The molecule has 2 aromatic carbocycles. The summed E-state index contributed by atoms with van der Waals surface area (Å²) in [6, 6.07) is 15.0. The first-order valence-corrected chi connectivity index (χ1v) is 11.9. The second-order valence-electron chi connectivity index (χ2n) is 6.84. The normalized spacial score (nSPS) is 15.0. The fourth-order valence-electron chi connectivity index (χ4n) is 3.56. The highest BCUT2D eigenvalue weighted by atomic mass is 32.2. The second kappa shape index (κ2) is 9.06. The average molecular weight is 424 g/mol. The summed E-state index contributed by atoms with van der Waals surface area (Å²) in [7, 11) is 0. The summed E-state index contributed by atoms with van der Waals surface area (Å²) in [4.78, 5) is 3.66. The molecule has 0 saturated carbocycles. The second-order valence-corrected chi connectivity index (χ2v) is 8.97. The van der Waals surface area contributed by atoms with Crippen LogP contribution in [0.2, 0.25) is 0 Å². The summed E-state index contributed by atoms with van der Waals surface area (Å²) in [6.45, 7) is 9.21. The summed E-state index contributed by atoms with van der Waals surface area (Å²) in [5.74, 6) is 0.954. The highest BCUT2D eigenvalue weighted by molar-refractivity contribution is 8.03. The van der Waals surface area contributed by atoms with E-state index in [9.17, 15) is 0 Å². The number of anilines is 1. The Labute approximate surface area is 181 Å². The average Bonchev–Trinajstić information content (AvgIpc) is 3.28. The van der Waals surface area contributed by atoms with E-state index in [2.05, 4.69) is 90.9 Å². The van der Waals surface area contributed by atoms with Crippen molar-refractivity contribution in [3.63, 3.8) is 0 Å². The molecule has 29 heavy (non-hydrogen) atoms. The van der Waals surface area contributed by atoms with Crippen molar-refractivity contribution in [2.45, 2.75) is 38.6 Å². The van der Waals surface area contributed by atoms with Crippen LogP contribution in [0.1, 0.15) is 32.2 Å². The van der Waals surface area contributed by atoms with Gasteiger partial charge in [0.15, 0.2) is 0 Å². The fraction of sp³-hybridized carbons (Fsp3) is 0.292. The first-order valence-electron chi connectivity index (χ1n) is 10.3. The third kappa shape index (κ3) is 4.07. The number of allylic oxidation sites excluding steroid dienone is 2. The number of hydrogen-bond donors (Lipinski definition) is 0. The van der Waals surface area contributed by atoms with Crippen LogP contribution in [0.5, 0.6) is 5.75 Å². The number of thioether (sulfide) groups is 1. The zero-order valence-electron chi connectivity index (χ0n) is 17.2. The number of rotatable bonds is 7. The minimum atomic E-state index is 0.760. The zero-order chi connectivity index (χ0) is 20.2. The van der Waals surface area contributed by atoms with Gasteiger partial charge in [-0.1, -0.05) is 48.2 Å². The largest absolute Gasteiger partial charge is 0.494 e. The monoisotopic (exact) mass is 423 g/mol. The molecule has 150 valence electrons. The number of nitrogens with zero attached hydrogens (tertiary/aromatic N) is 2. The van der Waals surface area contributed by atoms with Crippen molar-refractivity contribution in [1.82, 2.24) is 0 Å². The van der Waals surface area contributed by atoms with E-state index >= 15 is 0 Å². The number of fused-ring (bicyclic) bond motifs is 2. The topological polar surface area (TPSA) is 16.4 Å². The smallest absolute Gasteiger partial charge is 0.262 e. The maximum Gasteiger partial charge on any atom is 0.262 e. The fourth-order valence-corrected chi connectivity index (χ4v) is 5.81. The Morgan fingerprint density at radius 2 is 1.97 bits per heavy atom. The summed E-state index contributed by atoms with van der Waals surface area (Å²) >= 11 is 3.67. The molecule has 0 atom stereocenters. The molecule has 0 unspecified atom stereocenters. The summed E-state index contributed by atoms with van der Waals surface area (Å²) < 4.78 is 9.54. The number of ether oxygens (including phenoxy) is 1. The lowest BCUT2D eigenvalue weighted by Gasteiger charge is -2.18. The van der Waals surface area contributed by atoms with Gasteiger partial charge >= 0.3 is 0 Å². The summed E-state index contributed by atoms with van der Waals surface area (Å²) in [5, 5.41) is 2.54. The number of hydrogen-bond acceptors (Lipinski definition) is 4. The molecule has 3 aromatic rings. The Kier molecular flexibility index (Phi) is 6.26. The molecule has 0 saturated heterocycles. The standard InChI is InChI=1S/C24H27N2OS2/c1-4-16-27-18-14-15-22-20(17-18)26(6-3)24(29-22)13-9-12-23-25(5-2)19-10-7-8-11-21(19)28-23/h7-15,17H,4-6,16H2,1-3H3/q+1. The van der Waals surface area contributed by atoms with Crippen LogP contribution in [-0.4, -0.2) is 13.2 Å². The van der Waals surface area contributed by atoms with Gasteiger partial charge in [-0.3, -0.25) is 0 Å². The number of aryl methyl sites for hydroxylation is 1. The van der Waals surface area contributed by atoms with Crippen LogP contribution >= 0.6 is 23.1 Å². The van der Waals surface area contributed by atoms with E-state index in [1.54, 1.807) is 0 Å². The maximum atomic E-state index is 5.83. The predicted octanol–water partition coefficient (Wildman–Crippen LogP) is 6.48. The number of thiazole rings is 1. The minimum absolute atomic E-state index is 0.760. The molecule has 3 nitrogen and oxygen atoms in total. The minimum Gasteiger partial charge on any atom is -0.494 e. The molecule has 0 radical (unpaired) electrons. The molecule has 0 amide bonds.